The summed E-state index contributed by atoms with van der Waals surface area (Å²) in [6.45, 7) is 4.09. The molecule has 1 aliphatic heterocycles. The Balaban J connectivity index is 1.58. The summed E-state index contributed by atoms with van der Waals surface area (Å²) in [6.07, 6.45) is 9.55. The van der Waals surface area contributed by atoms with Crippen molar-refractivity contribution >= 4 is 22.6 Å². The predicted molar refractivity (Wildman–Crippen MR) is 126 cm³/mol. The molecule has 1 amide bonds. The van der Waals surface area contributed by atoms with E-state index < -0.39 is 0 Å². The van der Waals surface area contributed by atoms with Crippen LogP contribution >= 0.6 is 0 Å². The van der Waals surface area contributed by atoms with Crippen molar-refractivity contribution in [2.45, 2.75) is 45.4 Å². The summed E-state index contributed by atoms with van der Waals surface area (Å²) in [5.41, 5.74) is 1.73. The monoisotopic (exact) mass is 461 g/mol. The largest absolute Gasteiger partial charge is 0.376 e. The number of fused-ring (bicyclic) bond motifs is 2. The van der Waals surface area contributed by atoms with Crippen molar-refractivity contribution in [1.29, 1.82) is 5.41 Å². The van der Waals surface area contributed by atoms with Gasteiger partial charge in [-0.15, -0.1) is 0 Å². The smallest absolute Gasteiger partial charge is 0.267 e. The first-order valence-electron chi connectivity index (χ1n) is 11.5. The molecule has 34 heavy (non-hydrogen) atoms. The lowest BCUT2D eigenvalue weighted by Gasteiger charge is -2.16. The molecule has 0 aromatic carbocycles. The number of aryl methyl sites for hydroxylation is 3. The number of pyridine rings is 2. The number of rotatable bonds is 7. The molecule has 10 heteroatoms. The molecule has 2 N–H and O–H groups in total. The van der Waals surface area contributed by atoms with Gasteiger partial charge in [0.2, 0.25) is 0 Å². The lowest BCUT2D eigenvalue weighted by Crippen LogP contribution is -2.38. The standard InChI is InChI=1S/C24H27N7O3/c1-16-5-2-9-31-21(16)28-22-19(24(31)33)13-18(23(32)27-14-17-6-3-12-34-17)20(25)30(22)10-4-8-29-11-7-26-15-29/h2,5,7,9,11,13,15,17,25H,3-4,6,8,10,12,14H2,1H3,(H,27,32)/t17-/m1/s1. The van der Waals surface area contributed by atoms with Crippen LogP contribution in [0.3, 0.4) is 0 Å². The Hall–Kier alpha value is -3.79. The van der Waals surface area contributed by atoms with Crippen LogP contribution in [0.4, 0.5) is 0 Å². The van der Waals surface area contributed by atoms with Gasteiger partial charge >= 0.3 is 0 Å². The molecule has 0 aliphatic carbocycles. The molecule has 1 aliphatic rings. The van der Waals surface area contributed by atoms with Crippen molar-refractivity contribution in [2.24, 2.45) is 0 Å². The minimum absolute atomic E-state index is 0.0138. The van der Waals surface area contributed by atoms with E-state index in [4.69, 9.17) is 15.1 Å². The van der Waals surface area contributed by atoms with Gasteiger partial charge in [0, 0.05) is 44.8 Å². The number of hydrogen-bond donors (Lipinski definition) is 2. The number of imidazole rings is 1. The van der Waals surface area contributed by atoms with Crippen LogP contribution < -0.4 is 16.4 Å². The molecule has 1 fully saturated rings. The van der Waals surface area contributed by atoms with Gasteiger partial charge in [0.15, 0.2) is 0 Å². The van der Waals surface area contributed by atoms with Gasteiger partial charge in [-0.3, -0.25) is 19.4 Å². The molecule has 0 spiro atoms. The van der Waals surface area contributed by atoms with E-state index >= 15 is 0 Å². The van der Waals surface area contributed by atoms with Crippen molar-refractivity contribution in [3.05, 3.63) is 70.1 Å². The Kier molecular flexibility index (Phi) is 5.97. The van der Waals surface area contributed by atoms with Crippen LogP contribution in [-0.2, 0) is 17.8 Å². The summed E-state index contributed by atoms with van der Waals surface area (Å²) in [6, 6.07) is 5.19. The third-order valence-electron chi connectivity index (χ3n) is 6.25. The fourth-order valence-corrected chi connectivity index (χ4v) is 4.42. The summed E-state index contributed by atoms with van der Waals surface area (Å²) >= 11 is 0. The maximum atomic E-state index is 13.4. The average Bonchev–Trinajstić information content (AvgIpc) is 3.54. The lowest BCUT2D eigenvalue weighted by molar-refractivity contribution is 0.0855. The number of nitrogens with zero attached hydrogens (tertiary/aromatic N) is 5. The van der Waals surface area contributed by atoms with Gasteiger partial charge < -0.3 is 19.2 Å². The molecule has 0 radical (unpaired) electrons. The van der Waals surface area contributed by atoms with Crippen molar-refractivity contribution in [1.82, 2.24) is 28.8 Å². The molecule has 0 bridgehead atoms. The fourth-order valence-electron chi connectivity index (χ4n) is 4.42. The SMILES string of the molecule is Cc1cccn2c(=O)c3cc(C(=O)NC[C@H]4CCCO4)c(=N)n(CCCn4ccnc4)c3nc12. The van der Waals surface area contributed by atoms with Crippen molar-refractivity contribution < 1.29 is 9.53 Å². The number of nitrogens with one attached hydrogen (secondary N) is 2. The minimum Gasteiger partial charge on any atom is -0.376 e. The number of carbonyl (C=O) groups excluding carboxylic acids is 1. The highest BCUT2D eigenvalue weighted by molar-refractivity contribution is 5.96. The molecule has 4 aromatic heterocycles. The van der Waals surface area contributed by atoms with Crippen LogP contribution in [0.1, 0.15) is 35.2 Å². The highest BCUT2D eigenvalue weighted by atomic mass is 16.5. The van der Waals surface area contributed by atoms with E-state index in [1.54, 1.807) is 29.4 Å². The Bertz CT molecular complexity index is 1460. The van der Waals surface area contributed by atoms with Gasteiger partial charge in [0.1, 0.15) is 16.8 Å². The first kappa shape index (κ1) is 22.0. The quantitative estimate of drug-likeness (QED) is 0.406. The lowest BCUT2D eigenvalue weighted by atomic mass is 10.1. The highest BCUT2D eigenvalue weighted by Gasteiger charge is 2.20. The van der Waals surface area contributed by atoms with E-state index in [1.807, 2.05) is 23.8 Å². The fraction of sp³-hybridized carbons (Fsp3) is 0.375. The molecule has 1 saturated heterocycles. The van der Waals surface area contributed by atoms with Gasteiger partial charge in [-0.05, 0) is 43.9 Å². The van der Waals surface area contributed by atoms with Gasteiger partial charge in [0.25, 0.3) is 11.5 Å². The van der Waals surface area contributed by atoms with Gasteiger partial charge in [0.05, 0.1) is 23.4 Å². The third kappa shape index (κ3) is 4.12. The number of ether oxygens (including phenoxy) is 1. The summed E-state index contributed by atoms with van der Waals surface area (Å²) in [4.78, 5) is 35.3. The molecule has 1 atom stereocenters. The molecular weight excluding hydrogens is 434 g/mol. The second-order valence-electron chi connectivity index (χ2n) is 8.60. The van der Waals surface area contributed by atoms with E-state index in [9.17, 15) is 9.59 Å². The van der Waals surface area contributed by atoms with E-state index in [1.165, 1.54) is 10.5 Å². The van der Waals surface area contributed by atoms with Crippen LogP contribution in [0, 0.1) is 12.3 Å². The van der Waals surface area contributed by atoms with Crippen molar-refractivity contribution in [3.63, 3.8) is 0 Å². The van der Waals surface area contributed by atoms with Gasteiger partial charge in [-0.25, -0.2) is 9.97 Å². The van der Waals surface area contributed by atoms with E-state index in [2.05, 4.69) is 10.3 Å². The van der Waals surface area contributed by atoms with Crippen LogP contribution in [0.25, 0.3) is 16.7 Å². The van der Waals surface area contributed by atoms with Gasteiger partial charge in [-0.1, -0.05) is 6.07 Å². The molecule has 0 saturated carbocycles. The normalized spacial score (nSPS) is 15.9. The molecule has 4 aromatic rings. The molecule has 5 heterocycles. The molecule has 176 valence electrons. The maximum Gasteiger partial charge on any atom is 0.267 e. The van der Waals surface area contributed by atoms with E-state index in [0.29, 0.717) is 49.3 Å². The van der Waals surface area contributed by atoms with E-state index in [0.717, 1.165) is 18.4 Å². The zero-order valence-corrected chi connectivity index (χ0v) is 19.0. The predicted octanol–water partition coefficient (Wildman–Crippen LogP) is 1.63. The highest BCUT2D eigenvalue weighted by Crippen LogP contribution is 2.14. The van der Waals surface area contributed by atoms with Crippen molar-refractivity contribution in [3.8, 4) is 0 Å². The topological polar surface area (TPSA) is 119 Å². The number of carbonyl (C=O) groups is 1. The zero-order chi connectivity index (χ0) is 23.7. The summed E-state index contributed by atoms with van der Waals surface area (Å²) < 4.78 is 10.7. The summed E-state index contributed by atoms with van der Waals surface area (Å²) in [5, 5.41) is 12.0. The van der Waals surface area contributed by atoms with Gasteiger partial charge in [-0.2, -0.15) is 0 Å². The molecule has 10 nitrogen and oxygen atoms in total. The Morgan fingerprint density at radius 1 is 1.29 bits per heavy atom. The molecule has 0 unspecified atom stereocenters. The first-order chi connectivity index (χ1) is 16.5. The Morgan fingerprint density at radius 3 is 2.94 bits per heavy atom. The summed E-state index contributed by atoms with van der Waals surface area (Å²) in [5.74, 6) is -0.389. The van der Waals surface area contributed by atoms with Crippen LogP contribution in [-0.4, -0.2) is 48.7 Å². The average molecular weight is 462 g/mol. The van der Waals surface area contributed by atoms with E-state index in [-0.39, 0.29) is 28.6 Å². The van der Waals surface area contributed by atoms with Crippen molar-refractivity contribution in [2.75, 3.05) is 13.2 Å². The first-order valence-corrected chi connectivity index (χ1v) is 11.5. The Labute approximate surface area is 195 Å². The number of amides is 1. The third-order valence-corrected chi connectivity index (χ3v) is 6.25. The maximum absolute atomic E-state index is 13.4. The minimum atomic E-state index is -0.389. The zero-order valence-electron chi connectivity index (χ0n) is 19.0. The van der Waals surface area contributed by atoms with Crippen LogP contribution in [0.2, 0.25) is 0 Å². The Morgan fingerprint density at radius 2 is 2.18 bits per heavy atom. The van der Waals surface area contributed by atoms with Crippen LogP contribution in [0.5, 0.6) is 0 Å². The number of hydrogen-bond acceptors (Lipinski definition) is 6. The molecular formula is C24H27N7O3. The van der Waals surface area contributed by atoms with Crippen LogP contribution in [0.15, 0.2) is 47.9 Å². The second kappa shape index (κ2) is 9.22. The second-order valence-corrected chi connectivity index (χ2v) is 8.60. The molecule has 5 rings (SSSR count). The number of aromatic nitrogens is 5. The summed E-state index contributed by atoms with van der Waals surface area (Å²) in [7, 11) is 0.